The first-order chi connectivity index (χ1) is 13.6. The van der Waals surface area contributed by atoms with Crippen LogP contribution in [0.1, 0.15) is 0 Å². The first-order valence-electron chi connectivity index (χ1n) is 8.99. The Bertz CT molecular complexity index is 1080. The predicted octanol–water partition coefficient (Wildman–Crippen LogP) is 2.53. The van der Waals surface area contributed by atoms with Gasteiger partial charge in [0.1, 0.15) is 6.54 Å². The number of amides is 1. The minimum Gasteiger partial charge on any atom is -0.378 e. The fourth-order valence-electron chi connectivity index (χ4n) is 3.34. The summed E-state index contributed by atoms with van der Waals surface area (Å²) in [6, 6.07) is 12.6. The highest BCUT2D eigenvalue weighted by Gasteiger charge is 2.19. The highest BCUT2D eigenvalue weighted by molar-refractivity contribution is 6.34. The molecule has 1 amide bonds. The Morgan fingerprint density at radius 2 is 1.93 bits per heavy atom. The van der Waals surface area contributed by atoms with E-state index < -0.39 is 0 Å². The summed E-state index contributed by atoms with van der Waals surface area (Å²) in [6.07, 6.45) is 1.23. The zero-order valence-corrected chi connectivity index (χ0v) is 15.9. The maximum atomic E-state index is 12.7. The number of aromatic nitrogens is 2. The van der Waals surface area contributed by atoms with Crippen LogP contribution < -0.4 is 15.8 Å². The molecular formula is C20H19ClN4O3. The lowest BCUT2D eigenvalue weighted by Crippen LogP contribution is -2.37. The molecule has 4 rings (SSSR count). The summed E-state index contributed by atoms with van der Waals surface area (Å²) >= 11 is 6.41. The number of carbonyl (C=O) groups is 1. The third-order valence-corrected chi connectivity index (χ3v) is 4.95. The molecule has 28 heavy (non-hydrogen) atoms. The van der Waals surface area contributed by atoms with Gasteiger partial charge in [-0.25, -0.2) is 4.98 Å². The Kier molecular flexibility index (Phi) is 5.27. The van der Waals surface area contributed by atoms with Crippen LogP contribution in [0.25, 0.3) is 11.0 Å². The van der Waals surface area contributed by atoms with E-state index in [2.05, 4.69) is 15.2 Å². The molecular weight excluding hydrogens is 380 g/mol. The van der Waals surface area contributed by atoms with Crippen molar-refractivity contribution in [3.63, 3.8) is 0 Å². The fraction of sp³-hybridized carbons (Fsp3) is 0.250. The van der Waals surface area contributed by atoms with Crippen LogP contribution in [0.4, 0.5) is 11.4 Å². The molecule has 0 saturated carbocycles. The number of ether oxygens (including phenoxy) is 1. The molecule has 2 heterocycles. The van der Waals surface area contributed by atoms with Crippen molar-refractivity contribution in [3.05, 3.63) is 64.0 Å². The van der Waals surface area contributed by atoms with Gasteiger partial charge in [0.25, 0.3) is 5.56 Å². The Morgan fingerprint density at radius 1 is 1.14 bits per heavy atom. The first kappa shape index (κ1) is 18.5. The molecule has 1 aromatic heterocycles. The third-order valence-electron chi connectivity index (χ3n) is 4.64. The lowest BCUT2D eigenvalue weighted by atomic mass is 10.2. The van der Waals surface area contributed by atoms with Crippen molar-refractivity contribution in [3.8, 4) is 0 Å². The van der Waals surface area contributed by atoms with E-state index in [9.17, 15) is 9.59 Å². The van der Waals surface area contributed by atoms with Crippen LogP contribution in [-0.2, 0) is 16.1 Å². The summed E-state index contributed by atoms with van der Waals surface area (Å²) in [5.74, 6) is -0.310. The third kappa shape index (κ3) is 3.72. The quantitative estimate of drug-likeness (QED) is 0.730. The van der Waals surface area contributed by atoms with Crippen molar-refractivity contribution >= 4 is 39.9 Å². The molecule has 3 aromatic rings. The smallest absolute Gasteiger partial charge is 0.269 e. The molecule has 7 nitrogen and oxygen atoms in total. The summed E-state index contributed by atoms with van der Waals surface area (Å²) in [7, 11) is 0. The van der Waals surface area contributed by atoms with Gasteiger partial charge >= 0.3 is 0 Å². The lowest BCUT2D eigenvalue weighted by molar-refractivity contribution is -0.116. The summed E-state index contributed by atoms with van der Waals surface area (Å²) < 4.78 is 6.81. The van der Waals surface area contributed by atoms with Crippen LogP contribution in [0, 0.1) is 0 Å². The fourth-order valence-corrected chi connectivity index (χ4v) is 3.63. The number of benzene rings is 2. The molecule has 0 radical (unpaired) electrons. The highest BCUT2D eigenvalue weighted by atomic mass is 35.5. The number of anilines is 2. The van der Waals surface area contributed by atoms with Crippen molar-refractivity contribution in [1.82, 2.24) is 9.55 Å². The minimum absolute atomic E-state index is 0.114. The average molecular weight is 399 g/mol. The van der Waals surface area contributed by atoms with E-state index in [1.54, 1.807) is 24.3 Å². The monoisotopic (exact) mass is 398 g/mol. The van der Waals surface area contributed by atoms with Crippen LogP contribution in [0.2, 0.25) is 5.02 Å². The molecule has 1 aliphatic rings. The van der Waals surface area contributed by atoms with Gasteiger partial charge in [-0.2, -0.15) is 0 Å². The number of hydrogen-bond acceptors (Lipinski definition) is 5. The second-order valence-electron chi connectivity index (χ2n) is 6.45. The number of rotatable bonds is 4. The lowest BCUT2D eigenvalue weighted by Gasteiger charge is -2.31. The normalized spacial score (nSPS) is 14.2. The largest absolute Gasteiger partial charge is 0.378 e. The van der Waals surface area contributed by atoms with E-state index in [0.29, 0.717) is 48.0 Å². The van der Waals surface area contributed by atoms with Gasteiger partial charge in [0.05, 0.1) is 46.8 Å². The number of fused-ring (bicyclic) bond motifs is 1. The minimum atomic E-state index is -0.326. The summed E-state index contributed by atoms with van der Waals surface area (Å²) in [5.41, 5.74) is 2.34. The maximum absolute atomic E-state index is 12.7. The van der Waals surface area contributed by atoms with Crippen molar-refractivity contribution in [1.29, 1.82) is 0 Å². The SMILES string of the molecule is O=C(Cn1c(=O)cnc2ccccc21)Nc1cccc(Cl)c1N1CCOCC1. The Labute approximate surface area is 166 Å². The van der Waals surface area contributed by atoms with E-state index in [4.69, 9.17) is 16.3 Å². The highest BCUT2D eigenvalue weighted by Crippen LogP contribution is 2.34. The number of morpholine rings is 1. The molecule has 8 heteroatoms. The molecule has 0 atom stereocenters. The van der Waals surface area contributed by atoms with E-state index >= 15 is 0 Å². The Balaban J connectivity index is 1.61. The van der Waals surface area contributed by atoms with Gasteiger partial charge < -0.3 is 15.0 Å². The van der Waals surface area contributed by atoms with Gasteiger partial charge in [0.2, 0.25) is 5.91 Å². The summed E-state index contributed by atoms with van der Waals surface area (Å²) in [4.78, 5) is 31.2. The molecule has 0 bridgehead atoms. The molecule has 0 spiro atoms. The Morgan fingerprint density at radius 3 is 2.75 bits per heavy atom. The van der Waals surface area contributed by atoms with Gasteiger partial charge in [-0.05, 0) is 24.3 Å². The van der Waals surface area contributed by atoms with E-state index in [0.717, 1.165) is 5.69 Å². The number of carbonyl (C=O) groups excluding carboxylic acids is 1. The number of nitrogens with one attached hydrogen (secondary N) is 1. The summed E-state index contributed by atoms with van der Waals surface area (Å²) in [5, 5.41) is 3.46. The maximum Gasteiger partial charge on any atom is 0.269 e. The van der Waals surface area contributed by atoms with Crippen molar-refractivity contribution in [2.75, 3.05) is 36.5 Å². The standard InChI is InChI=1S/C20H19ClN4O3/c21-14-4-3-6-16(20(14)24-8-10-28-11-9-24)23-18(26)13-25-17-7-2-1-5-15(17)22-12-19(25)27/h1-7,12H,8-11,13H2,(H,23,26). The van der Waals surface area contributed by atoms with Crippen molar-refractivity contribution in [2.24, 2.45) is 0 Å². The zero-order valence-electron chi connectivity index (χ0n) is 15.1. The van der Waals surface area contributed by atoms with Crippen LogP contribution in [0.5, 0.6) is 0 Å². The van der Waals surface area contributed by atoms with Gasteiger partial charge in [-0.3, -0.25) is 14.2 Å². The van der Waals surface area contributed by atoms with E-state index in [-0.39, 0.29) is 18.0 Å². The molecule has 1 saturated heterocycles. The van der Waals surface area contributed by atoms with Crippen LogP contribution in [0.15, 0.2) is 53.5 Å². The topological polar surface area (TPSA) is 76.5 Å². The van der Waals surface area contributed by atoms with Gasteiger partial charge in [-0.1, -0.05) is 29.8 Å². The molecule has 2 aromatic carbocycles. The molecule has 144 valence electrons. The van der Waals surface area contributed by atoms with Crippen molar-refractivity contribution in [2.45, 2.75) is 6.54 Å². The molecule has 0 unspecified atom stereocenters. The molecule has 0 aliphatic carbocycles. The molecule has 1 aliphatic heterocycles. The molecule has 1 N–H and O–H groups in total. The number of nitrogens with zero attached hydrogens (tertiary/aromatic N) is 3. The first-order valence-corrected chi connectivity index (χ1v) is 9.37. The predicted molar refractivity (Wildman–Crippen MR) is 109 cm³/mol. The number of hydrogen-bond donors (Lipinski definition) is 1. The average Bonchev–Trinajstić information content (AvgIpc) is 2.71. The van der Waals surface area contributed by atoms with Crippen LogP contribution in [0.3, 0.4) is 0 Å². The van der Waals surface area contributed by atoms with E-state index in [1.807, 2.05) is 18.2 Å². The van der Waals surface area contributed by atoms with Crippen molar-refractivity contribution < 1.29 is 9.53 Å². The van der Waals surface area contributed by atoms with Crippen LogP contribution in [-0.4, -0.2) is 41.8 Å². The number of para-hydroxylation sites is 3. The second-order valence-corrected chi connectivity index (χ2v) is 6.86. The Hall–Kier alpha value is -2.90. The summed E-state index contributed by atoms with van der Waals surface area (Å²) in [6.45, 7) is 2.49. The molecule has 1 fully saturated rings. The zero-order chi connectivity index (χ0) is 19.5. The van der Waals surface area contributed by atoms with Crippen LogP contribution >= 0.6 is 11.6 Å². The van der Waals surface area contributed by atoms with E-state index in [1.165, 1.54) is 10.8 Å². The van der Waals surface area contributed by atoms with Gasteiger partial charge in [-0.15, -0.1) is 0 Å². The van der Waals surface area contributed by atoms with Gasteiger partial charge in [0.15, 0.2) is 0 Å². The number of halogens is 1. The second kappa shape index (κ2) is 8.00. The van der Waals surface area contributed by atoms with Gasteiger partial charge in [0, 0.05) is 13.1 Å².